The molecule has 26 heavy (non-hydrogen) atoms. The number of ether oxygens (including phenoxy) is 2. The summed E-state index contributed by atoms with van der Waals surface area (Å²) in [5.74, 6) is 2.06. The lowest BCUT2D eigenvalue weighted by Crippen LogP contribution is -2.40. The standard InChI is InChI=1S/C20H20N2O4/c1-25-11-3-6-16(26-2)10(7-11)9-21-22-19(23)17-12-4-5-13(15-8-14(12)15)18(17)20(22)24/h3-7,9,12-15,17-18H,8H2,1-2H3/b21-9-/t12-,13-,14-,15+,17+,18+/m0/s1. The molecule has 2 amide bonds. The smallest absolute Gasteiger partial charge is 0.254 e. The average Bonchev–Trinajstić information content (AvgIpc) is 3.45. The van der Waals surface area contributed by atoms with E-state index >= 15 is 0 Å². The molecule has 0 aromatic heterocycles. The molecular weight excluding hydrogens is 332 g/mol. The molecule has 4 aliphatic carbocycles. The van der Waals surface area contributed by atoms with Crippen molar-refractivity contribution in [2.24, 2.45) is 40.6 Å². The molecule has 5 aliphatic rings. The maximum Gasteiger partial charge on any atom is 0.254 e. The molecule has 6 heteroatoms. The monoisotopic (exact) mass is 352 g/mol. The van der Waals surface area contributed by atoms with E-state index in [4.69, 9.17) is 9.47 Å². The third-order valence-electron chi connectivity index (χ3n) is 6.39. The summed E-state index contributed by atoms with van der Waals surface area (Å²) in [5.41, 5.74) is 0.659. The van der Waals surface area contributed by atoms with E-state index < -0.39 is 0 Å². The van der Waals surface area contributed by atoms with Crippen LogP contribution in [0, 0.1) is 35.5 Å². The highest BCUT2D eigenvalue weighted by Crippen LogP contribution is 2.65. The summed E-state index contributed by atoms with van der Waals surface area (Å²) < 4.78 is 10.6. The Bertz CT molecular complexity index is 825. The van der Waals surface area contributed by atoms with Crippen LogP contribution in [0.15, 0.2) is 35.5 Å². The Kier molecular flexibility index (Phi) is 3.26. The van der Waals surface area contributed by atoms with Crippen LogP contribution >= 0.6 is 0 Å². The van der Waals surface area contributed by atoms with E-state index in [1.165, 1.54) is 6.21 Å². The van der Waals surface area contributed by atoms with Gasteiger partial charge in [-0.2, -0.15) is 10.1 Å². The molecule has 0 radical (unpaired) electrons. The minimum atomic E-state index is -0.231. The second-order valence-corrected chi connectivity index (χ2v) is 7.50. The first-order valence-corrected chi connectivity index (χ1v) is 8.96. The van der Waals surface area contributed by atoms with Crippen molar-refractivity contribution in [3.8, 4) is 11.5 Å². The molecule has 2 saturated carbocycles. The summed E-state index contributed by atoms with van der Waals surface area (Å²) in [6.07, 6.45) is 6.97. The zero-order chi connectivity index (χ0) is 18.0. The molecule has 6 atom stereocenters. The van der Waals surface area contributed by atoms with Gasteiger partial charge < -0.3 is 9.47 Å². The molecule has 6 nitrogen and oxygen atoms in total. The molecule has 1 aromatic rings. The van der Waals surface area contributed by atoms with Crippen LogP contribution in [-0.2, 0) is 9.59 Å². The van der Waals surface area contributed by atoms with Crippen molar-refractivity contribution in [1.29, 1.82) is 0 Å². The van der Waals surface area contributed by atoms with Gasteiger partial charge in [-0.1, -0.05) is 12.2 Å². The third-order valence-corrected chi connectivity index (χ3v) is 6.39. The minimum absolute atomic E-state index is 0.164. The third kappa shape index (κ3) is 2.01. The number of amides is 2. The first-order chi connectivity index (χ1) is 12.6. The predicted octanol–water partition coefficient (Wildman–Crippen LogP) is 2.09. The predicted molar refractivity (Wildman–Crippen MR) is 93.7 cm³/mol. The van der Waals surface area contributed by atoms with Gasteiger partial charge in [0.15, 0.2) is 0 Å². The van der Waals surface area contributed by atoms with Gasteiger partial charge in [0.2, 0.25) is 0 Å². The van der Waals surface area contributed by atoms with Crippen molar-refractivity contribution in [2.75, 3.05) is 14.2 Å². The molecular formula is C20H20N2O4. The van der Waals surface area contributed by atoms with Crippen molar-refractivity contribution < 1.29 is 19.1 Å². The van der Waals surface area contributed by atoms with Crippen LogP contribution in [-0.4, -0.2) is 37.3 Å². The Morgan fingerprint density at radius 1 is 1.04 bits per heavy atom. The largest absolute Gasteiger partial charge is 0.497 e. The molecule has 2 bridgehead atoms. The van der Waals surface area contributed by atoms with Gasteiger partial charge in [0.1, 0.15) is 11.5 Å². The highest BCUT2D eigenvalue weighted by atomic mass is 16.5. The number of hydrazone groups is 1. The summed E-state index contributed by atoms with van der Waals surface area (Å²) in [6, 6.07) is 5.32. The van der Waals surface area contributed by atoms with E-state index in [1.54, 1.807) is 32.4 Å². The minimum Gasteiger partial charge on any atom is -0.497 e. The number of allylic oxidation sites excluding steroid dienone is 2. The quantitative estimate of drug-likeness (QED) is 0.473. The zero-order valence-electron chi connectivity index (χ0n) is 14.7. The summed E-state index contributed by atoms with van der Waals surface area (Å²) in [7, 11) is 3.14. The molecule has 1 aromatic carbocycles. The fourth-order valence-electron chi connectivity index (χ4n) is 5.12. The Hall–Kier alpha value is -2.63. The second-order valence-electron chi connectivity index (χ2n) is 7.50. The Morgan fingerprint density at radius 2 is 1.69 bits per heavy atom. The number of carbonyl (C=O) groups excluding carboxylic acids is 2. The van der Waals surface area contributed by atoms with E-state index in [0.29, 0.717) is 28.9 Å². The summed E-state index contributed by atoms with van der Waals surface area (Å²) in [5, 5.41) is 5.32. The van der Waals surface area contributed by atoms with Crippen molar-refractivity contribution >= 4 is 18.0 Å². The Morgan fingerprint density at radius 3 is 2.27 bits per heavy atom. The van der Waals surface area contributed by atoms with Gasteiger partial charge in [0.05, 0.1) is 32.3 Å². The van der Waals surface area contributed by atoms with Gasteiger partial charge in [-0.15, -0.1) is 0 Å². The highest BCUT2D eigenvalue weighted by molar-refractivity contribution is 6.06. The lowest BCUT2D eigenvalue weighted by atomic mass is 9.63. The molecule has 1 saturated heterocycles. The average molecular weight is 352 g/mol. The number of carbonyl (C=O) groups is 2. The SMILES string of the molecule is COc1ccc(OC)c(/C=N\N2C(=O)[C@@H]3[C@H]4C=C[C@@H]([C@@H]5C[C@H]45)[C@H]3C2=O)c1. The van der Waals surface area contributed by atoms with Crippen LogP contribution < -0.4 is 9.47 Å². The van der Waals surface area contributed by atoms with Crippen LogP contribution in [0.4, 0.5) is 0 Å². The molecule has 0 spiro atoms. The number of nitrogens with zero attached hydrogens (tertiary/aromatic N) is 2. The summed E-state index contributed by atoms with van der Waals surface area (Å²) >= 11 is 0. The number of hydrogen-bond acceptors (Lipinski definition) is 5. The molecule has 0 unspecified atom stereocenters. The number of imide groups is 1. The summed E-state index contributed by atoms with van der Waals surface area (Å²) in [6.45, 7) is 0. The van der Waals surface area contributed by atoms with Gasteiger partial charge in [-0.25, -0.2) is 0 Å². The number of rotatable bonds is 4. The van der Waals surface area contributed by atoms with Crippen molar-refractivity contribution in [1.82, 2.24) is 5.01 Å². The van der Waals surface area contributed by atoms with Gasteiger partial charge in [-0.05, 0) is 48.3 Å². The molecule has 6 rings (SSSR count). The van der Waals surface area contributed by atoms with Gasteiger partial charge in [-0.3, -0.25) is 9.59 Å². The van der Waals surface area contributed by atoms with Crippen LogP contribution in [0.2, 0.25) is 0 Å². The summed E-state index contributed by atoms with van der Waals surface area (Å²) in [4.78, 5) is 25.8. The van der Waals surface area contributed by atoms with Crippen LogP contribution in [0.25, 0.3) is 0 Å². The molecule has 134 valence electrons. The molecule has 1 heterocycles. The van der Waals surface area contributed by atoms with E-state index in [2.05, 4.69) is 17.3 Å². The van der Waals surface area contributed by atoms with Crippen molar-refractivity contribution in [2.45, 2.75) is 6.42 Å². The van der Waals surface area contributed by atoms with Gasteiger partial charge in [0, 0.05) is 5.56 Å². The van der Waals surface area contributed by atoms with Crippen LogP contribution in [0.5, 0.6) is 11.5 Å². The van der Waals surface area contributed by atoms with E-state index in [1.807, 2.05) is 0 Å². The zero-order valence-corrected chi connectivity index (χ0v) is 14.7. The molecule has 0 N–H and O–H groups in total. The number of methoxy groups -OCH3 is 2. The fraction of sp³-hybridized carbons (Fsp3) is 0.450. The normalized spacial score (nSPS) is 36.5. The first kappa shape index (κ1) is 15.6. The van der Waals surface area contributed by atoms with E-state index in [-0.39, 0.29) is 35.5 Å². The van der Waals surface area contributed by atoms with Crippen molar-refractivity contribution in [3.63, 3.8) is 0 Å². The lowest BCUT2D eigenvalue weighted by Gasteiger charge is -2.37. The number of hydrogen-bond donors (Lipinski definition) is 0. The van der Waals surface area contributed by atoms with Gasteiger partial charge >= 0.3 is 0 Å². The first-order valence-electron chi connectivity index (χ1n) is 8.96. The topological polar surface area (TPSA) is 68.2 Å². The maximum absolute atomic E-state index is 12.9. The molecule has 1 aliphatic heterocycles. The van der Waals surface area contributed by atoms with Crippen LogP contribution in [0.1, 0.15) is 12.0 Å². The fourth-order valence-corrected chi connectivity index (χ4v) is 5.12. The highest BCUT2D eigenvalue weighted by Gasteiger charge is 2.67. The Balaban J connectivity index is 1.45. The number of benzene rings is 1. The maximum atomic E-state index is 12.9. The van der Waals surface area contributed by atoms with Crippen LogP contribution in [0.3, 0.4) is 0 Å². The second kappa shape index (κ2) is 5.43. The molecule has 3 fully saturated rings. The van der Waals surface area contributed by atoms with Crippen molar-refractivity contribution in [3.05, 3.63) is 35.9 Å². The Labute approximate surface area is 151 Å². The van der Waals surface area contributed by atoms with E-state index in [0.717, 1.165) is 11.4 Å². The van der Waals surface area contributed by atoms with Gasteiger partial charge in [0.25, 0.3) is 11.8 Å². The van der Waals surface area contributed by atoms with E-state index in [9.17, 15) is 9.59 Å². The lowest BCUT2D eigenvalue weighted by molar-refractivity contribution is -0.140.